The Kier molecular flexibility index (Phi) is 17.4. The molecule has 13 nitrogen and oxygen atoms in total. The van der Waals surface area contributed by atoms with Crippen LogP contribution in [0.2, 0.25) is 0 Å². The van der Waals surface area contributed by atoms with Crippen LogP contribution in [-0.4, -0.2) is 85.6 Å². The number of aromatic amines is 1. The van der Waals surface area contributed by atoms with Gasteiger partial charge in [-0.3, -0.25) is 18.7 Å². The Morgan fingerprint density at radius 2 is 1.28 bits per heavy atom. The number of hydrogen-bond acceptors (Lipinski definition) is 10. The molecule has 0 spiro atoms. The molecule has 0 saturated heterocycles. The molecule has 1 saturated carbocycles. The smallest absolute Gasteiger partial charge is 0.305 e. The molecule has 0 atom stereocenters. The minimum atomic E-state index is -4.09. The van der Waals surface area contributed by atoms with Crippen molar-refractivity contribution in [2.45, 2.75) is 67.2 Å². The number of carbonyl (C=O) groups excluding carboxylic acids is 1. The Hall–Kier alpha value is -5.53. The van der Waals surface area contributed by atoms with Crippen LogP contribution in [0.25, 0.3) is 31.8 Å². The van der Waals surface area contributed by atoms with Crippen LogP contribution < -0.4 is 15.5 Å². The number of H-pyrrole nitrogens is 1. The number of hydrogen-bond donors (Lipinski definition) is 6. The topological polar surface area (TPSA) is 206 Å². The molecule has 1 aliphatic carbocycles. The van der Waals surface area contributed by atoms with Crippen molar-refractivity contribution in [3.8, 4) is 5.75 Å². The minimum Gasteiger partial charge on any atom is -0.506 e. The zero-order valence-electron chi connectivity index (χ0n) is 35.7. The maximum atomic E-state index is 13.3. The molecule has 1 aromatic heterocycles. The van der Waals surface area contributed by atoms with E-state index in [1.54, 1.807) is 42.5 Å². The Bertz CT molecular complexity index is 2880. The minimum absolute atomic E-state index is 0.0730. The molecule has 6 N–H and O–H groups in total. The second-order valence-corrected chi connectivity index (χ2v) is 19.5. The van der Waals surface area contributed by atoms with Crippen molar-refractivity contribution in [2.75, 3.05) is 32.7 Å². The molecule has 1 aliphatic rings. The number of amides is 1. The molecule has 65 heavy (non-hydrogen) atoms. The van der Waals surface area contributed by atoms with Gasteiger partial charge in [0, 0.05) is 32.1 Å². The molecule has 0 unspecified atom stereocenters. The third-order valence-electron chi connectivity index (χ3n) is 11.1. The molecule has 1 heterocycles. The third-order valence-corrected chi connectivity index (χ3v) is 13.8. The number of nitrogens with zero attached hydrogens (tertiary/aromatic N) is 1. The van der Waals surface area contributed by atoms with Crippen molar-refractivity contribution in [3.63, 3.8) is 0 Å². The van der Waals surface area contributed by atoms with Gasteiger partial charge in [-0.1, -0.05) is 109 Å². The van der Waals surface area contributed by atoms with Crippen LogP contribution >= 0.6 is 11.3 Å². The predicted molar refractivity (Wildman–Crippen MR) is 254 cm³/mol. The van der Waals surface area contributed by atoms with Gasteiger partial charge in [-0.05, 0) is 114 Å². The lowest BCUT2D eigenvalue weighted by Crippen LogP contribution is -2.45. The first-order valence-corrected chi connectivity index (χ1v) is 25.1. The predicted octanol–water partition coefficient (Wildman–Crippen LogP) is 8.12. The van der Waals surface area contributed by atoms with E-state index >= 15 is 0 Å². The molecule has 6 aromatic carbocycles. The zero-order valence-corrected chi connectivity index (χ0v) is 38.1. The summed E-state index contributed by atoms with van der Waals surface area (Å²) in [6.45, 7) is 3.43. The van der Waals surface area contributed by atoms with Crippen molar-refractivity contribution in [1.29, 1.82) is 0 Å². The average Bonchev–Trinajstić information content (AvgIpc) is 3.70. The van der Waals surface area contributed by atoms with E-state index in [0.29, 0.717) is 44.2 Å². The lowest BCUT2D eigenvalue weighted by molar-refractivity contribution is -0.134. The van der Waals surface area contributed by atoms with E-state index in [9.17, 15) is 35.9 Å². The van der Waals surface area contributed by atoms with E-state index in [1.807, 2.05) is 48.5 Å². The molecule has 1 amide bonds. The summed E-state index contributed by atoms with van der Waals surface area (Å²) in [4.78, 5) is 29.3. The summed E-state index contributed by atoms with van der Waals surface area (Å²) in [5.41, 5.74) is 2.48. The molecule has 0 bridgehead atoms. The molecule has 17 heteroatoms. The second-order valence-electron chi connectivity index (χ2n) is 15.7. The van der Waals surface area contributed by atoms with Crippen molar-refractivity contribution in [3.05, 3.63) is 148 Å². The Labute approximate surface area is 381 Å². The summed E-state index contributed by atoms with van der Waals surface area (Å²) in [5, 5.41) is 20.2. The highest BCUT2D eigenvalue weighted by molar-refractivity contribution is 7.86. The maximum Gasteiger partial charge on any atom is 0.305 e. The SMILES string of the molecule is O=C(CCNCCc1cccc(F)c1)N(CCNCCc1ccc(O)c2[nH]c(=O)sc12)C1CCCCC1.O=S(=O)(O)c1ccc2ccccc2c1.O=S(=O)(O)c1ccc2ccccc2c1. The molecular weight excluding hydrogens is 892 g/mol. The van der Waals surface area contributed by atoms with Crippen LogP contribution in [0.15, 0.2) is 136 Å². The van der Waals surface area contributed by atoms with E-state index in [4.69, 9.17) is 9.11 Å². The third kappa shape index (κ3) is 14.5. The van der Waals surface area contributed by atoms with Crippen LogP contribution in [0.5, 0.6) is 5.75 Å². The number of aromatic hydroxyl groups is 1. The number of thiazole rings is 1. The second kappa shape index (κ2) is 23.1. The Morgan fingerprint density at radius 1 is 0.692 bits per heavy atom. The number of nitrogens with one attached hydrogen (secondary N) is 3. The molecule has 8 rings (SSSR count). The average molecular weight is 945 g/mol. The lowest BCUT2D eigenvalue weighted by Gasteiger charge is -2.34. The molecule has 0 aliphatic heterocycles. The largest absolute Gasteiger partial charge is 0.506 e. The van der Waals surface area contributed by atoms with Crippen molar-refractivity contribution >= 4 is 69.2 Å². The van der Waals surface area contributed by atoms with E-state index in [0.717, 1.165) is 80.9 Å². The highest BCUT2D eigenvalue weighted by Gasteiger charge is 2.24. The number of carbonyl (C=O) groups is 1. The van der Waals surface area contributed by atoms with Crippen molar-refractivity contribution < 1.29 is 40.2 Å². The summed E-state index contributed by atoms with van der Waals surface area (Å²) in [5.74, 6) is 0.0572. The number of fused-ring (bicyclic) bond motifs is 3. The van der Waals surface area contributed by atoms with Gasteiger partial charge in [-0.15, -0.1) is 0 Å². The Morgan fingerprint density at radius 3 is 1.88 bits per heavy atom. The first kappa shape index (κ1) is 48.9. The van der Waals surface area contributed by atoms with Crippen molar-refractivity contribution in [2.24, 2.45) is 0 Å². The molecule has 344 valence electrons. The summed E-state index contributed by atoms with van der Waals surface area (Å²) in [6, 6.07) is 34.1. The molecular formula is C48H53FN4O9S3. The fourth-order valence-electron chi connectivity index (χ4n) is 7.77. The molecule has 1 fully saturated rings. The van der Waals surface area contributed by atoms with Crippen LogP contribution in [0.3, 0.4) is 0 Å². The fraction of sp³-hybridized carbons (Fsp3) is 0.292. The highest BCUT2D eigenvalue weighted by Crippen LogP contribution is 2.28. The van der Waals surface area contributed by atoms with Gasteiger partial charge >= 0.3 is 4.87 Å². The maximum absolute atomic E-state index is 13.3. The van der Waals surface area contributed by atoms with Gasteiger partial charge in [-0.2, -0.15) is 16.8 Å². The fourth-order valence-corrected chi connectivity index (χ4v) is 9.70. The first-order valence-electron chi connectivity index (χ1n) is 21.4. The number of phenols is 1. The standard InChI is InChI=1S/C28H37FN4O3S.2C10H8O3S/c29-22-6-4-5-20(19-22)11-14-30-16-13-25(35)33(23-7-2-1-3-8-23)18-17-31-15-12-21-9-10-24(34)26-27(21)37-28(36)32-26;2*11-14(12,13)10-6-5-8-3-1-2-4-9(8)7-10/h4-6,9-10,19,23,30-31,34H,1-3,7-8,11-18H2,(H,32,36);2*1-7H,(H,11,12,13). The van der Waals surface area contributed by atoms with E-state index in [1.165, 1.54) is 49.6 Å². The van der Waals surface area contributed by atoms with E-state index < -0.39 is 20.2 Å². The van der Waals surface area contributed by atoms with Gasteiger partial charge in [-0.25, -0.2) is 4.39 Å². The molecule has 7 aromatic rings. The number of phenolic OH excluding ortho intramolecular Hbond substituents is 1. The van der Waals surface area contributed by atoms with Gasteiger partial charge < -0.3 is 25.6 Å². The number of rotatable bonds is 15. The lowest BCUT2D eigenvalue weighted by atomic mass is 9.94. The van der Waals surface area contributed by atoms with Crippen molar-refractivity contribution in [1.82, 2.24) is 20.5 Å². The van der Waals surface area contributed by atoms with Crippen LogP contribution in [0, 0.1) is 5.82 Å². The first-order chi connectivity index (χ1) is 31.2. The molecule has 0 radical (unpaired) electrons. The van der Waals surface area contributed by atoms with Gasteiger partial charge in [0.15, 0.2) is 0 Å². The number of benzene rings is 6. The van der Waals surface area contributed by atoms with Gasteiger partial charge in [0.1, 0.15) is 17.1 Å². The highest BCUT2D eigenvalue weighted by atomic mass is 32.2. The van der Waals surface area contributed by atoms with Gasteiger partial charge in [0.05, 0.1) is 14.5 Å². The van der Waals surface area contributed by atoms with Gasteiger partial charge in [0.2, 0.25) is 5.91 Å². The van der Waals surface area contributed by atoms with Crippen LogP contribution in [-0.2, 0) is 37.9 Å². The Balaban J connectivity index is 0.000000202. The summed E-state index contributed by atoms with van der Waals surface area (Å²) in [6.07, 6.45) is 7.64. The zero-order chi connectivity index (χ0) is 46.4. The number of halogens is 1. The van der Waals surface area contributed by atoms with Gasteiger partial charge in [0.25, 0.3) is 20.2 Å². The van der Waals surface area contributed by atoms with E-state index in [2.05, 4.69) is 20.5 Å². The van der Waals surface area contributed by atoms with Crippen LogP contribution in [0.1, 0.15) is 49.7 Å². The quantitative estimate of drug-likeness (QED) is 0.0428. The summed E-state index contributed by atoms with van der Waals surface area (Å²) < 4.78 is 75.1. The van der Waals surface area contributed by atoms with E-state index in [-0.39, 0.29) is 32.1 Å². The van der Waals surface area contributed by atoms with Crippen LogP contribution in [0.4, 0.5) is 4.39 Å². The monoisotopic (exact) mass is 944 g/mol. The number of aromatic nitrogens is 1. The summed E-state index contributed by atoms with van der Waals surface area (Å²) in [7, 11) is -8.19. The summed E-state index contributed by atoms with van der Waals surface area (Å²) >= 11 is 1.12. The normalized spacial score (nSPS) is 13.2.